The lowest BCUT2D eigenvalue weighted by atomic mass is 9.90. The Hall–Kier alpha value is -13.0. The molecule has 0 fully saturated rings. The van der Waals surface area contributed by atoms with Crippen molar-refractivity contribution in [1.82, 2.24) is 0 Å². The summed E-state index contributed by atoms with van der Waals surface area (Å²) in [5, 5.41) is 133. The second-order valence-electron chi connectivity index (χ2n) is 25.9. The summed E-state index contributed by atoms with van der Waals surface area (Å²) in [7, 11) is 0. The molecule has 0 spiro atoms. The molecule has 0 heterocycles. The molecular weight excluding hydrogens is 1270 g/mol. The van der Waals surface area contributed by atoms with E-state index in [0.717, 1.165) is 33.4 Å². The quantitative estimate of drug-likeness (QED) is 0.0647. The van der Waals surface area contributed by atoms with Crippen LogP contribution in [0, 0.1) is 41.5 Å². The van der Waals surface area contributed by atoms with Gasteiger partial charge in [-0.1, -0.05) is 106 Å². The zero-order valence-electron chi connectivity index (χ0n) is 57.1. The van der Waals surface area contributed by atoms with E-state index >= 15 is 0 Å². The standard InChI is InChI=1S/C84H72N12O6/c1-49-7-19-67(20-8-49)85-91-73-37-55-31-57-39-74(92-86-68-21-9-50(2)10-22-68)41-59(80(57)98)33-61-43-76(94-88-70-25-13-52(4)14-26-70)45-63(82(61)100)35-65-47-78(96-90-72-29-17-54(6)18-30-72)48-66(84(65)102)36-64-46-77(95-89-71-27-15-53(5)16-28-71)44-62(83(64)101)34-60-42-75(93-87-69-23-11-51(3)12-24-69)40-58(81(60)99)32-56(38-73)79(55)97/h7-30,37-48,97-102H,31-36H2,1-6H3. The monoisotopic (exact) mass is 1340 g/mol. The smallest absolute Gasteiger partial charge is 0.122 e. The maximum Gasteiger partial charge on any atom is 0.122 e. The van der Waals surface area contributed by atoms with Gasteiger partial charge in [-0.2, -0.15) is 61.4 Å². The first kappa shape index (κ1) is 67.6. The maximum absolute atomic E-state index is 12.8. The Labute approximate surface area is 590 Å². The molecule has 1 aliphatic rings. The minimum Gasteiger partial charge on any atom is -0.507 e. The fraction of sp³-hybridized carbons (Fsp3) is 0.143. The predicted octanol–water partition coefficient (Wildman–Crippen LogP) is 24.1. The molecule has 12 bridgehead atoms. The Balaban J connectivity index is 1.05. The van der Waals surface area contributed by atoms with E-state index < -0.39 is 0 Å². The molecule has 0 saturated heterocycles. The van der Waals surface area contributed by atoms with Crippen LogP contribution in [0.3, 0.4) is 0 Å². The molecule has 0 aliphatic heterocycles. The summed E-state index contributed by atoms with van der Waals surface area (Å²) >= 11 is 0. The van der Waals surface area contributed by atoms with Crippen molar-refractivity contribution < 1.29 is 30.6 Å². The molecule has 0 atom stereocenters. The number of aromatic hydroxyl groups is 6. The predicted molar refractivity (Wildman–Crippen MR) is 398 cm³/mol. The highest BCUT2D eigenvalue weighted by Crippen LogP contribution is 2.45. The van der Waals surface area contributed by atoms with Gasteiger partial charge in [0.2, 0.25) is 0 Å². The summed E-state index contributed by atoms with van der Waals surface area (Å²) in [6.45, 7) is 11.9. The molecule has 18 heteroatoms. The van der Waals surface area contributed by atoms with E-state index in [9.17, 15) is 30.6 Å². The molecule has 0 aromatic heterocycles. The van der Waals surface area contributed by atoms with Crippen molar-refractivity contribution in [2.75, 3.05) is 0 Å². The van der Waals surface area contributed by atoms with Crippen molar-refractivity contribution >= 4 is 68.2 Å². The van der Waals surface area contributed by atoms with Crippen LogP contribution in [0.25, 0.3) is 0 Å². The number of fused-ring (bicyclic) bond motifs is 12. The summed E-state index contributed by atoms with van der Waals surface area (Å²) in [4.78, 5) is 0. The van der Waals surface area contributed by atoms with E-state index in [2.05, 4.69) is 30.7 Å². The van der Waals surface area contributed by atoms with Gasteiger partial charge in [0, 0.05) is 105 Å². The number of rotatable bonds is 12. The summed E-state index contributed by atoms with van der Waals surface area (Å²) < 4.78 is 0. The molecule has 504 valence electrons. The largest absolute Gasteiger partial charge is 0.507 e. The number of azo groups is 6. The first-order valence-electron chi connectivity index (χ1n) is 33.3. The third-order valence-corrected chi connectivity index (χ3v) is 17.7. The first-order valence-corrected chi connectivity index (χ1v) is 33.3. The Morgan fingerprint density at radius 2 is 0.255 bits per heavy atom. The topological polar surface area (TPSA) is 270 Å². The molecule has 1 aliphatic carbocycles. The minimum absolute atomic E-state index is 0.0953. The average molecular weight is 1350 g/mol. The van der Waals surface area contributed by atoms with Crippen LogP contribution in [0.1, 0.15) is 100 Å². The molecule has 12 aromatic rings. The zero-order chi connectivity index (χ0) is 71.0. The molecule has 18 nitrogen and oxygen atoms in total. The van der Waals surface area contributed by atoms with Gasteiger partial charge in [-0.15, -0.1) is 0 Å². The molecule has 12 aromatic carbocycles. The minimum atomic E-state index is -0.159. The van der Waals surface area contributed by atoms with Gasteiger partial charge in [0.05, 0.1) is 68.2 Å². The average Bonchev–Trinajstić information content (AvgIpc) is 0.788. The third kappa shape index (κ3) is 16.6. The molecule has 0 amide bonds. The molecular formula is C84H72N12O6. The van der Waals surface area contributed by atoms with Crippen LogP contribution in [-0.4, -0.2) is 30.6 Å². The van der Waals surface area contributed by atoms with E-state index in [0.29, 0.717) is 135 Å². The molecule has 13 rings (SSSR count). The highest BCUT2D eigenvalue weighted by atomic mass is 16.3. The van der Waals surface area contributed by atoms with Crippen molar-refractivity contribution in [3.63, 3.8) is 0 Å². The van der Waals surface area contributed by atoms with Gasteiger partial charge >= 0.3 is 0 Å². The number of phenolic OH excluding ortho intramolecular Hbond substituents is 6. The van der Waals surface area contributed by atoms with Crippen molar-refractivity contribution in [1.29, 1.82) is 0 Å². The van der Waals surface area contributed by atoms with Crippen molar-refractivity contribution in [3.05, 3.63) is 319 Å². The molecule has 0 radical (unpaired) electrons. The van der Waals surface area contributed by atoms with E-state index in [1.54, 1.807) is 72.8 Å². The summed E-state index contributed by atoms with van der Waals surface area (Å²) in [5.74, 6) is -0.955. The maximum atomic E-state index is 12.8. The molecule has 0 unspecified atom stereocenters. The van der Waals surface area contributed by atoms with Gasteiger partial charge in [0.1, 0.15) is 34.5 Å². The van der Waals surface area contributed by atoms with E-state index in [1.807, 2.05) is 187 Å². The Kier molecular flexibility index (Phi) is 19.9. The van der Waals surface area contributed by atoms with E-state index in [-0.39, 0.29) is 73.0 Å². The number of hydrogen-bond acceptors (Lipinski definition) is 18. The van der Waals surface area contributed by atoms with Crippen LogP contribution in [0.4, 0.5) is 68.2 Å². The zero-order valence-corrected chi connectivity index (χ0v) is 57.1. The molecule has 102 heavy (non-hydrogen) atoms. The van der Waals surface area contributed by atoms with Gasteiger partial charge in [-0.3, -0.25) is 0 Å². The van der Waals surface area contributed by atoms with Crippen LogP contribution < -0.4 is 0 Å². The van der Waals surface area contributed by atoms with Crippen LogP contribution in [0.2, 0.25) is 0 Å². The summed E-state index contributed by atoms with van der Waals surface area (Å²) in [6.07, 6.45) is -0.572. The number of benzene rings is 12. The number of aryl methyl sites for hydroxylation is 6. The second kappa shape index (κ2) is 30.0. The Morgan fingerprint density at radius 1 is 0.157 bits per heavy atom. The number of phenols is 6. The summed E-state index contributed by atoms with van der Waals surface area (Å²) in [5.41, 5.74) is 15.9. The fourth-order valence-electron chi connectivity index (χ4n) is 12.0. The Morgan fingerprint density at radius 3 is 0.363 bits per heavy atom. The third-order valence-electron chi connectivity index (χ3n) is 17.7. The normalized spacial score (nSPS) is 12.8. The van der Waals surface area contributed by atoms with E-state index in [4.69, 9.17) is 30.7 Å². The fourth-order valence-corrected chi connectivity index (χ4v) is 12.0. The highest BCUT2D eigenvalue weighted by Gasteiger charge is 2.24. The lowest BCUT2D eigenvalue weighted by Gasteiger charge is -2.18. The van der Waals surface area contributed by atoms with Gasteiger partial charge in [-0.25, -0.2) is 0 Å². The number of hydrogen-bond donors (Lipinski definition) is 6. The van der Waals surface area contributed by atoms with Gasteiger partial charge in [-0.05, 0) is 187 Å². The number of nitrogens with zero attached hydrogens (tertiary/aromatic N) is 12. The van der Waals surface area contributed by atoms with Gasteiger partial charge < -0.3 is 30.6 Å². The van der Waals surface area contributed by atoms with Crippen LogP contribution in [0.5, 0.6) is 34.5 Å². The molecule has 6 N–H and O–H groups in total. The van der Waals surface area contributed by atoms with E-state index in [1.165, 1.54) is 0 Å². The molecule has 0 saturated carbocycles. The van der Waals surface area contributed by atoms with Crippen LogP contribution in [0.15, 0.2) is 280 Å². The van der Waals surface area contributed by atoms with Crippen molar-refractivity contribution in [2.24, 2.45) is 61.4 Å². The highest BCUT2D eigenvalue weighted by molar-refractivity contribution is 5.66. The Bertz CT molecular complexity index is 4320. The lowest BCUT2D eigenvalue weighted by molar-refractivity contribution is 0.451. The van der Waals surface area contributed by atoms with Gasteiger partial charge in [0.25, 0.3) is 0 Å². The first-order chi connectivity index (χ1) is 49.3. The van der Waals surface area contributed by atoms with Gasteiger partial charge in [0.15, 0.2) is 0 Å². The van der Waals surface area contributed by atoms with Crippen LogP contribution in [-0.2, 0) is 38.5 Å². The summed E-state index contributed by atoms with van der Waals surface area (Å²) in [6, 6.07) is 65.8. The van der Waals surface area contributed by atoms with Crippen molar-refractivity contribution in [2.45, 2.75) is 80.1 Å². The lowest BCUT2D eigenvalue weighted by Crippen LogP contribution is -2.01. The SMILES string of the molecule is Cc1ccc(N=Nc2cc3c(O)c(c2)Cc2cc(N=Nc4ccc(C)cc4)cc(c2O)Cc2cc(N=Nc4ccc(C)cc4)cc(c2O)Cc2cc(N=Nc4ccc(C)cc4)cc(c2O)Cc2cc(N=Nc4ccc(C)cc4)cc(c2O)Cc2cc(N=Nc4ccc(C)cc4)cc(c2O)C3)cc1. The van der Waals surface area contributed by atoms with Crippen LogP contribution >= 0.6 is 0 Å². The second-order valence-corrected chi connectivity index (χ2v) is 25.9. The van der Waals surface area contributed by atoms with Crippen molar-refractivity contribution in [3.8, 4) is 34.5 Å².